The molecule has 3 rings (SSSR count). The van der Waals surface area contributed by atoms with E-state index in [9.17, 15) is 0 Å². The summed E-state index contributed by atoms with van der Waals surface area (Å²) < 4.78 is 2.20. The first-order valence-corrected chi connectivity index (χ1v) is 6.00. The Labute approximate surface area is 100 Å². The molecule has 0 aliphatic heterocycles. The molecule has 0 radical (unpaired) electrons. The van der Waals surface area contributed by atoms with Crippen molar-refractivity contribution in [3.8, 4) is 11.4 Å². The average Bonchev–Trinajstić information content (AvgIpc) is 3.10. The predicted molar refractivity (Wildman–Crippen MR) is 66.4 cm³/mol. The second kappa shape index (κ2) is 3.96. The molecule has 88 valence electrons. The van der Waals surface area contributed by atoms with Gasteiger partial charge in [0.15, 0.2) is 5.82 Å². The molecule has 2 aromatic rings. The molecule has 0 spiro atoms. The smallest absolute Gasteiger partial charge is 0.164 e. The Morgan fingerprint density at radius 1 is 1.24 bits per heavy atom. The van der Waals surface area contributed by atoms with Gasteiger partial charge in [0.05, 0.1) is 6.54 Å². The molecule has 1 aromatic heterocycles. The molecule has 1 heterocycles. The highest BCUT2D eigenvalue weighted by Crippen LogP contribution is 2.38. The Bertz CT molecular complexity index is 523. The summed E-state index contributed by atoms with van der Waals surface area (Å²) in [5.41, 5.74) is 8.08. The SMILES string of the molecule is Cc1ccc(-c2nnc(CN)n2C2CC2)cc1. The van der Waals surface area contributed by atoms with Crippen LogP contribution in [0.3, 0.4) is 0 Å². The van der Waals surface area contributed by atoms with Gasteiger partial charge in [-0.15, -0.1) is 10.2 Å². The zero-order valence-corrected chi connectivity index (χ0v) is 9.93. The number of nitrogens with two attached hydrogens (primary N) is 1. The van der Waals surface area contributed by atoms with Gasteiger partial charge in [-0.05, 0) is 19.8 Å². The molecule has 1 aromatic carbocycles. The molecule has 0 bridgehead atoms. The van der Waals surface area contributed by atoms with Crippen molar-refractivity contribution in [1.29, 1.82) is 0 Å². The van der Waals surface area contributed by atoms with E-state index in [1.165, 1.54) is 18.4 Å². The number of aryl methyl sites for hydroxylation is 1. The van der Waals surface area contributed by atoms with Crippen molar-refractivity contribution in [2.75, 3.05) is 0 Å². The van der Waals surface area contributed by atoms with Crippen LogP contribution in [0.2, 0.25) is 0 Å². The molecule has 4 heteroatoms. The van der Waals surface area contributed by atoms with Gasteiger partial charge in [-0.2, -0.15) is 0 Å². The van der Waals surface area contributed by atoms with Gasteiger partial charge in [0.1, 0.15) is 5.82 Å². The highest BCUT2D eigenvalue weighted by atomic mass is 15.3. The van der Waals surface area contributed by atoms with Crippen LogP contribution in [0.5, 0.6) is 0 Å². The molecule has 2 N–H and O–H groups in total. The van der Waals surface area contributed by atoms with Gasteiger partial charge in [0.25, 0.3) is 0 Å². The maximum Gasteiger partial charge on any atom is 0.164 e. The van der Waals surface area contributed by atoms with Crippen molar-refractivity contribution >= 4 is 0 Å². The lowest BCUT2D eigenvalue weighted by Gasteiger charge is -2.07. The van der Waals surface area contributed by atoms with E-state index in [-0.39, 0.29) is 0 Å². The summed E-state index contributed by atoms with van der Waals surface area (Å²) >= 11 is 0. The summed E-state index contributed by atoms with van der Waals surface area (Å²) in [5, 5.41) is 8.46. The number of hydrogen-bond donors (Lipinski definition) is 1. The first-order chi connectivity index (χ1) is 8.29. The molecule has 1 fully saturated rings. The lowest BCUT2D eigenvalue weighted by Crippen LogP contribution is -2.08. The highest BCUT2D eigenvalue weighted by Gasteiger charge is 2.29. The van der Waals surface area contributed by atoms with E-state index in [0.29, 0.717) is 12.6 Å². The van der Waals surface area contributed by atoms with Crippen LogP contribution in [0.4, 0.5) is 0 Å². The van der Waals surface area contributed by atoms with E-state index in [2.05, 4.69) is 46.0 Å². The van der Waals surface area contributed by atoms with E-state index in [4.69, 9.17) is 5.73 Å². The summed E-state index contributed by atoms with van der Waals surface area (Å²) in [6.07, 6.45) is 2.42. The van der Waals surface area contributed by atoms with Crippen molar-refractivity contribution in [3.05, 3.63) is 35.7 Å². The van der Waals surface area contributed by atoms with Crippen molar-refractivity contribution in [3.63, 3.8) is 0 Å². The van der Waals surface area contributed by atoms with E-state index in [1.807, 2.05) is 0 Å². The number of hydrogen-bond acceptors (Lipinski definition) is 3. The van der Waals surface area contributed by atoms with E-state index in [0.717, 1.165) is 17.2 Å². The van der Waals surface area contributed by atoms with Crippen molar-refractivity contribution < 1.29 is 0 Å². The molecule has 1 aliphatic rings. The average molecular weight is 228 g/mol. The molecule has 0 atom stereocenters. The monoisotopic (exact) mass is 228 g/mol. The summed E-state index contributed by atoms with van der Waals surface area (Å²) in [6.45, 7) is 2.54. The molecule has 1 saturated carbocycles. The molecule has 1 aliphatic carbocycles. The Hall–Kier alpha value is -1.68. The maximum absolute atomic E-state index is 5.71. The van der Waals surface area contributed by atoms with Crippen LogP contribution in [0.15, 0.2) is 24.3 Å². The third-order valence-electron chi connectivity index (χ3n) is 3.17. The zero-order chi connectivity index (χ0) is 11.8. The van der Waals surface area contributed by atoms with Crippen LogP contribution in [0.25, 0.3) is 11.4 Å². The summed E-state index contributed by atoms with van der Waals surface area (Å²) in [4.78, 5) is 0. The third-order valence-corrected chi connectivity index (χ3v) is 3.17. The fourth-order valence-electron chi connectivity index (χ4n) is 2.08. The predicted octanol–water partition coefficient (Wildman–Crippen LogP) is 2.05. The molecule has 0 amide bonds. The van der Waals surface area contributed by atoms with Crippen molar-refractivity contribution in [1.82, 2.24) is 14.8 Å². The largest absolute Gasteiger partial charge is 0.324 e. The molecule has 0 saturated heterocycles. The van der Waals surface area contributed by atoms with Gasteiger partial charge in [0.2, 0.25) is 0 Å². The van der Waals surface area contributed by atoms with Crippen LogP contribution in [-0.4, -0.2) is 14.8 Å². The minimum Gasteiger partial charge on any atom is -0.324 e. The first kappa shape index (κ1) is 10.5. The number of rotatable bonds is 3. The summed E-state index contributed by atoms with van der Waals surface area (Å²) in [6, 6.07) is 8.95. The van der Waals surface area contributed by atoms with Crippen molar-refractivity contribution in [2.24, 2.45) is 5.73 Å². The normalized spacial score (nSPS) is 15.2. The number of benzene rings is 1. The van der Waals surface area contributed by atoms with Gasteiger partial charge in [-0.25, -0.2) is 0 Å². The summed E-state index contributed by atoms with van der Waals surface area (Å²) in [5.74, 6) is 1.84. The Balaban J connectivity index is 2.07. The molecular weight excluding hydrogens is 212 g/mol. The van der Waals surface area contributed by atoms with Crippen LogP contribution < -0.4 is 5.73 Å². The molecule has 4 nitrogen and oxygen atoms in total. The fourth-order valence-corrected chi connectivity index (χ4v) is 2.08. The minimum atomic E-state index is 0.454. The van der Waals surface area contributed by atoms with Gasteiger partial charge in [-0.3, -0.25) is 0 Å². The van der Waals surface area contributed by atoms with Gasteiger partial charge in [-0.1, -0.05) is 29.8 Å². The van der Waals surface area contributed by atoms with E-state index >= 15 is 0 Å². The van der Waals surface area contributed by atoms with Crippen LogP contribution in [0.1, 0.15) is 30.3 Å². The number of nitrogens with zero attached hydrogens (tertiary/aromatic N) is 3. The lowest BCUT2D eigenvalue weighted by molar-refractivity contribution is 0.688. The lowest BCUT2D eigenvalue weighted by atomic mass is 10.1. The van der Waals surface area contributed by atoms with Crippen LogP contribution in [-0.2, 0) is 6.54 Å². The number of aromatic nitrogens is 3. The standard InChI is InChI=1S/C13H16N4/c1-9-2-4-10(5-3-9)13-16-15-12(8-14)17(13)11-6-7-11/h2-5,11H,6-8,14H2,1H3. The quantitative estimate of drug-likeness (QED) is 0.874. The second-order valence-electron chi connectivity index (χ2n) is 4.61. The summed E-state index contributed by atoms with van der Waals surface area (Å²) in [7, 11) is 0. The molecule has 0 unspecified atom stereocenters. The van der Waals surface area contributed by atoms with Gasteiger partial charge >= 0.3 is 0 Å². The Kier molecular flexibility index (Phi) is 2.44. The topological polar surface area (TPSA) is 56.7 Å². The first-order valence-electron chi connectivity index (χ1n) is 6.00. The Morgan fingerprint density at radius 3 is 2.53 bits per heavy atom. The third kappa shape index (κ3) is 1.85. The fraction of sp³-hybridized carbons (Fsp3) is 0.385. The van der Waals surface area contributed by atoms with Crippen LogP contribution in [0, 0.1) is 6.92 Å². The van der Waals surface area contributed by atoms with Crippen LogP contribution >= 0.6 is 0 Å². The van der Waals surface area contributed by atoms with Gasteiger partial charge in [0, 0.05) is 11.6 Å². The van der Waals surface area contributed by atoms with Crippen molar-refractivity contribution in [2.45, 2.75) is 32.4 Å². The zero-order valence-electron chi connectivity index (χ0n) is 9.93. The van der Waals surface area contributed by atoms with E-state index < -0.39 is 0 Å². The van der Waals surface area contributed by atoms with Gasteiger partial charge < -0.3 is 10.3 Å². The molecular formula is C13H16N4. The second-order valence-corrected chi connectivity index (χ2v) is 4.61. The van der Waals surface area contributed by atoms with E-state index in [1.54, 1.807) is 0 Å². The maximum atomic E-state index is 5.71. The minimum absolute atomic E-state index is 0.454. The Morgan fingerprint density at radius 2 is 1.94 bits per heavy atom. The highest BCUT2D eigenvalue weighted by molar-refractivity contribution is 5.56. The molecule has 17 heavy (non-hydrogen) atoms.